The average molecular weight is 222 g/mol. The summed E-state index contributed by atoms with van der Waals surface area (Å²) in [5.74, 6) is -0.221. The molecule has 0 spiro atoms. The highest BCUT2D eigenvalue weighted by atomic mass is 16.4. The van der Waals surface area contributed by atoms with Crippen LogP contribution in [0, 0.1) is 5.92 Å². The summed E-state index contributed by atoms with van der Waals surface area (Å²) >= 11 is 0. The Bertz CT molecular complexity index is 378. The van der Waals surface area contributed by atoms with Crippen LogP contribution >= 0.6 is 0 Å². The fourth-order valence-corrected chi connectivity index (χ4v) is 2.55. The van der Waals surface area contributed by atoms with Gasteiger partial charge < -0.3 is 5.11 Å². The van der Waals surface area contributed by atoms with Crippen LogP contribution in [-0.2, 0) is 13.5 Å². The Hall–Kier alpha value is -1.32. The highest BCUT2D eigenvalue weighted by Gasteiger charge is 2.20. The molecule has 0 atom stereocenters. The molecule has 1 aromatic rings. The van der Waals surface area contributed by atoms with Gasteiger partial charge >= 0.3 is 5.97 Å². The third-order valence-corrected chi connectivity index (χ3v) is 3.50. The van der Waals surface area contributed by atoms with Crippen molar-refractivity contribution in [3.8, 4) is 0 Å². The van der Waals surface area contributed by atoms with Gasteiger partial charge in [0.15, 0.2) is 0 Å². The van der Waals surface area contributed by atoms with E-state index >= 15 is 0 Å². The molecule has 1 aliphatic carbocycles. The van der Waals surface area contributed by atoms with E-state index in [0.29, 0.717) is 11.5 Å². The van der Waals surface area contributed by atoms with E-state index in [1.807, 2.05) is 7.05 Å². The van der Waals surface area contributed by atoms with Crippen LogP contribution in [0.3, 0.4) is 0 Å². The third-order valence-electron chi connectivity index (χ3n) is 3.50. The Morgan fingerprint density at radius 3 is 2.81 bits per heavy atom. The van der Waals surface area contributed by atoms with Gasteiger partial charge in [-0.3, -0.25) is 4.68 Å². The van der Waals surface area contributed by atoms with Crippen LogP contribution in [0.2, 0.25) is 0 Å². The molecule has 4 nitrogen and oxygen atoms in total. The normalized spacial score (nSPS) is 17.6. The maximum atomic E-state index is 11.0. The van der Waals surface area contributed by atoms with Crippen LogP contribution in [0.4, 0.5) is 0 Å². The highest BCUT2D eigenvalue weighted by molar-refractivity contribution is 5.88. The molecule has 2 rings (SSSR count). The number of hydrogen-bond donors (Lipinski definition) is 1. The van der Waals surface area contributed by atoms with Gasteiger partial charge in [-0.15, -0.1) is 0 Å². The molecule has 88 valence electrons. The summed E-state index contributed by atoms with van der Waals surface area (Å²) in [6.07, 6.45) is 8.66. The van der Waals surface area contributed by atoms with Crippen LogP contribution in [0.15, 0.2) is 6.20 Å². The van der Waals surface area contributed by atoms with Crippen molar-refractivity contribution in [1.82, 2.24) is 9.78 Å². The van der Waals surface area contributed by atoms with Gasteiger partial charge in [0.2, 0.25) is 0 Å². The summed E-state index contributed by atoms with van der Waals surface area (Å²) in [5, 5.41) is 13.1. The Morgan fingerprint density at radius 2 is 2.19 bits per heavy atom. The van der Waals surface area contributed by atoms with Crippen molar-refractivity contribution in [1.29, 1.82) is 0 Å². The number of carboxylic acids is 1. The number of carbonyl (C=O) groups is 1. The molecule has 1 saturated carbocycles. The minimum Gasteiger partial charge on any atom is -0.478 e. The van der Waals surface area contributed by atoms with Crippen molar-refractivity contribution >= 4 is 5.97 Å². The fourth-order valence-electron chi connectivity index (χ4n) is 2.55. The van der Waals surface area contributed by atoms with Gasteiger partial charge in [0.1, 0.15) is 5.56 Å². The van der Waals surface area contributed by atoms with Crippen LogP contribution in [0.5, 0.6) is 0 Å². The summed E-state index contributed by atoms with van der Waals surface area (Å²) in [6.45, 7) is 0. The molecule has 0 aliphatic heterocycles. The van der Waals surface area contributed by atoms with Gasteiger partial charge in [-0.25, -0.2) is 4.79 Å². The summed E-state index contributed by atoms with van der Waals surface area (Å²) in [7, 11) is 1.82. The monoisotopic (exact) mass is 222 g/mol. The lowest BCUT2D eigenvalue weighted by Crippen LogP contribution is -2.14. The predicted molar refractivity (Wildman–Crippen MR) is 60.4 cm³/mol. The van der Waals surface area contributed by atoms with E-state index < -0.39 is 5.97 Å². The maximum absolute atomic E-state index is 11.0. The van der Waals surface area contributed by atoms with E-state index in [1.54, 1.807) is 4.68 Å². The standard InChI is InChI=1S/C12H18N2O2/c1-14-11(10(8-13-14)12(15)16)7-9-5-3-2-4-6-9/h8-9H,2-7H2,1H3,(H,15,16). The lowest BCUT2D eigenvalue weighted by molar-refractivity contribution is 0.0695. The van der Waals surface area contributed by atoms with E-state index in [9.17, 15) is 4.79 Å². The molecule has 0 aromatic carbocycles. The zero-order chi connectivity index (χ0) is 11.5. The highest BCUT2D eigenvalue weighted by Crippen LogP contribution is 2.27. The molecule has 1 aromatic heterocycles. The van der Waals surface area contributed by atoms with Crippen molar-refractivity contribution in [2.45, 2.75) is 38.5 Å². The molecule has 1 N–H and O–H groups in total. The quantitative estimate of drug-likeness (QED) is 0.853. The maximum Gasteiger partial charge on any atom is 0.339 e. The first kappa shape index (κ1) is 11.2. The van der Waals surface area contributed by atoms with E-state index in [0.717, 1.165) is 12.1 Å². The molecular weight excluding hydrogens is 204 g/mol. The van der Waals surface area contributed by atoms with E-state index in [1.165, 1.54) is 38.3 Å². The number of carboxylic acid groups (broad SMARTS) is 1. The number of rotatable bonds is 3. The second-order valence-corrected chi connectivity index (χ2v) is 4.64. The molecule has 0 unspecified atom stereocenters. The van der Waals surface area contributed by atoms with Gasteiger partial charge in [-0.2, -0.15) is 5.10 Å². The van der Waals surface area contributed by atoms with E-state index in [2.05, 4.69) is 5.10 Å². The average Bonchev–Trinajstić information content (AvgIpc) is 2.62. The van der Waals surface area contributed by atoms with Crippen molar-refractivity contribution in [2.24, 2.45) is 13.0 Å². The van der Waals surface area contributed by atoms with Gasteiger partial charge in [-0.1, -0.05) is 32.1 Å². The SMILES string of the molecule is Cn1ncc(C(=O)O)c1CC1CCCCC1. The first-order chi connectivity index (χ1) is 7.68. The van der Waals surface area contributed by atoms with Crippen LogP contribution < -0.4 is 0 Å². The number of hydrogen-bond acceptors (Lipinski definition) is 2. The number of aromatic carboxylic acids is 1. The number of aromatic nitrogens is 2. The second-order valence-electron chi connectivity index (χ2n) is 4.64. The molecule has 4 heteroatoms. The van der Waals surface area contributed by atoms with E-state index in [-0.39, 0.29) is 0 Å². The van der Waals surface area contributed by atoms with Crippen LogP contribution in [0.1, 0.15) is 48.2 Å². The fraction of sp³-hybridized carbons (Fsp3) is 0.667. The summed E-state index contributed by atoms with van der Waals surface area (Å²) in [6, 6.07) is 0. The Morgan fingerprint density at radius 1 is 1.50 bits per heavy atom. The van der Waals surface area contributed by atoms with Crippen molar-refractivity contribution in [3.05, 3.63) is 17.5 Å². The first-order valence-electron chi connectivity index (χ1n) is 5.92. The molecule has 0 radical (unpaired) electrons. The molecule has 0 amide bonds. The smallest absolute Gasteiger partial charge is 0.339 e. The molecule has 1 aliphatic rings. The number of nitrogens with zero attached hydrogens (tertiary/aromatic N) is 2. The summed E-state index contributed by atoms with van der Waals surface area (Å²) in [5.41, 5.74) is 1.24. The Kier molecular flexibility index (Phi) is 3.27. The third kappa shape index (κ3) is 2.26. The zero-order valence-electron chi connectivity index (χ0n) is 9.65. The molecule has 0 saturated heterocycles. The van der Waals surface area contributed by atoms with Crippen LogP contribution in [0.25, 0.3) is 0 Å². The Labute approximate surface area is 95.3 Å². The van der Waals surface area contributed by atoms with Gasteiger partial charge in [0.25, 0.3) is 0 Å². The molecule has 1 fully saturated rings. The molecule has 0 bridgehead atoms. The lowest BCUT2D eigenvalue weighted by atomic mass is 9.85. The van der Waals surface area contributed by atoms with Crippen molar-refractivity contribution < 1.29 is 9.90 Å². The molecule has 1 heterocycles. The largest absolute Gasteiger partial charge is 0.478 e. The predicted octanol–water partition coefficient (Wildman–Crippen LogP) is 2.24. The van der Waals surface area contributed by atoms with Gasteiger partial charge in [-0.05, 0) is 12.3 Å². The topological polar surface area (TPSA) is 55.1 Å². The molecule has 16 heavy (non-hydrogen) atoms. The first-order valence-corrected chi connectivity index (χ1v) is 5.92. The number of aryl methyl sites for hydroxylation is 1. The lowest BCUT2D eigenvalue weighted by Gasteiger charge is -2.21. The van der Waals surface area contributed by atoms with Crippen molar-refractivity contribution in [2.75, 3.05) is 0 Å². The van der Waals surface area contributed by atoms with Crippen molar-refractivity contribution in [3.63, 3.8) is 0 Å². The minimum atomic E-state index is -0.862. The second kappa shape index (κ2) is 4.68. The zero-order valence-corrected chi connectivity index (χ0v) is 9.65. The minimum absolute atomic E-state index is 0.369. The van der Waals surface area contributed by atoms with Gasteiger partial charge in [0.05, 0.1) is 11.9 Å². The summed E-state index contributed by atoms with van der Waals surface area (Å²) in [4.78, 5) is 11.0. The van der Waals surface area contributed by atoms with Gasteiger partial charge in [0, 0.05) is 7.05 Å². The van der Waals surface area contributed by atoms with Crippen LogP contribution in [-0.4, -0.2) is 20.9 Å². The Balaban J connectivity index is 2.12. The molecular formula is C12H18N2O2. The summed E-state index contributed by atoms with van der Waals surface area (Å²) < 4.78 is 1.71. The van der Waals surface area contributed by atoms with E-state index in [4.69, 9.17) is 5.11 Å².